The fourth-order valence-electron chi connectivity index (χ4n) is 0.901. The number of benzene rings is 1. The minimum atomic E-state index is -0.416. The topological polar surface area (TPSA) is 26.3 Å². The first kappa shape index (κ1) is 12.1. The summed E-state index contributed by atoms with van der Waals surface area (Å²) in [5, 5.41) is 0.923. The van der Waals surface area contributed by atoms with Crippen molar-refractivity contribution in [2.24, 2.45) is 0 Å². The van der Waals surface area contributed by atoms with Gasteiger partial charge in [0.1, 0.15) is 6.61 Å². The second kappa shape index (κ2) is 5.19. The van der Waals surface area contributed by atoms with Gasteiger partial charge in [0, 0.05) is 5.57 Å². The van der Waals surface area contributed by atoms with Gasteiger partial charge in [-0.2, -0.15) is 0 Å². The molecule has 0 saturated carbocycles. The van der Waals surface area contributed by atoms with Gasteiger partial charge in [-0.05, 0) is 24.6 Å². The number of hydrogen-bond acceptors (Lipinski definition) is 2. The third-order valence-corrected chi connectivity index (χ3v) is 2.44. The van der Waals surface area contributed by atoms with E-state index < -0.39 is 5.97 Å². The first-order chi connectivity index (χ1) is 7.00. The Labute approximate surface area is 98.4 Å². The van der Waals surface area contributed by atoms with Crippen molar-refractivity contribution >= 4 is 29.2 Å². The van der Waals surface area contributed by atoms with E-state index in [4.69, 9.17) is 27.9 Å². The van der Waals surface area contributed by atoms with Gasteiger partial charge in [-0.15, -0.1) is 0 Å². The molecule has 0 aliphatic carbocycles. The molecule has 0 aliphatic heterocycles. The number of carbonyl (C=O) groups excluding carboxylic acids is 1. The Balaban J connectivity index is 2.62. The lowest BCUT2D eigenvalue weighted by molar-refractivity contribution is -0.140. The number of ether oxygens (including phenoxy) is 1. The van der Waals surface area contributed by atoms with Crippen LogP contribution in [0.4, 0.5) is 0 Å². The fourth-order valence-corrected chi connectivity index (χ4v) is 1.22. The molecule has 1 rings (SSSR count). The highest BCUT2D eigenvalue weighted by Gasteiger charge is 2.04. The molecule has 4 heteroatoms. The van der Waals surface area contributed by atoms with E-state index in [1.54, 1.807) is 25.1 Å². The number of esters is 1. The van der Waals surface area contributed by atoms with Crippen molar-refractivity contribution in [3.63, 3.8) is 0 Å². The second-order valence-corrected chi connectivity index (χ2v) is 3.92. The average Bonchev–Trinajstić information content (AvgIpc) is 2.19. The lowest BCUT2D eigenvalue weighted by atomic mass is 10.2. The summed E-state index contributed by atoms with van der Waals surface area (Å²) in [6.07, 6.45) is 0. The van der Waals surface area contributed by atoms with Crippen molar-refractivity contribution in [3.05, 3.63) is 46.0 Å². The Hall–Kier alpha value is -0.990. The maximum Gasteiger partial charge on any atom is 0.333 e. The normalized spacial score (nSPS) is 9.80. The van der Waals surface area contributed by atoms with E-state index >= 15 is 0 Å². The molecule has 0 aliphatic rings. The maximum absolute atomic E-state index is 11.1. The summed E-state index contributed by atoms with van der Waals surface area (Å²) in [7, 11) is 0. The zero-order valence-electron chi connectivity index (χ0n) is 8.22. The number of hydrogen-bond donors (Lipinski definition) is 0. The van der Waals surface area contributed by atoms with Crippen molar-refractivity contribution in [2.75, 3.05) is 0 Å². The molecule has 0 heterocycles. The van der Waals surface area contributed by atoms with Crippen LogP contribution in [-0.4, -0.2) is 5.97 Å². The SMILES string of the molecule is C=C(C)C(=O)OCc1ccc(Cl)c(Cl)c1. The van der Waals surface area contributed by atoms with E-state index in [0.717, 1.165) is 5.56 Å². The smallest absolute Gasteiger partial charge is 0.333 e. The average molecular weight is 245 g/mol. The molecule has 0 unspecified atom stereocenters. The van der Waals surface area contributed by atoms with E-state index in [0.29, 0.717) is 15.6 Å². The molecule has 0 fully saturated rings. The summed E-state index contributed by atoms with van der Waals surface area (Å²) in [6.45, 7) is 5.24. The van der Waals surface area contributed by atoms with E-state index in [1.807, 2.05) is 0 Å². The monoisotopic (exact) mass is 244 g/mol. The maximum atomic E-state index is 11.1. The van der Waals surface area contributed by atoms with Gasteiger partial charge in [0.2, 0.25) is 0 Å². The van der Waals surface area contributed by atoms with Crippen LogP contribution < -0.4 is 0 Å². The first-order valence-corrected chi connectivity index (χ1v) is 5.03. The largest absolute Gasteiger partial charge is 0.457 e. The third kappa shape index (κ3) is 3.57. The van der Waals surface area contributed by atoms with Gasteiger partial charge < -0.3 is 4.74 Å². The van der Waals surface area contributed by atoms with Crippen molar-refractivity contribution in [3.8, 4) is 0 Å². The Morgan fingerprint density at radius 2 is 2.07 bits per heavy atom. The summed E-state index contributed by atoms with van der Waals surface area (Å²) in [5.41, 5.74) is 1.16. The minimum Gasteiger partial charge on any atom is -0.457 e. The van der Waals surface area contributed by atoms with Gasteiger partial charge in [-0.3, -0.25) is 0 Å². The van der Waals surface area contributed by atoms with Crippen LogP contribution in [0, 0.1) is 0 Å². The van der Waals surface area contributed by atoms with Crippen LogP contribution >= 0.6 is 23.2 Å². The molecule has 1 aromatic carbocycles. The summed E-state index contributed by atoms with van der Waals surface area (Å²) in [5.74, 6) is -0.416. The molecule has 0 radical (unpaired) electrons. The molecule has 0 atom stereocenters. The third-order valence-electron chi connectivity index (χ3n) is 1.70. The fraction of sp³-hybridized carbons (Fsp3) is 0.182. The van der Waals surface area contributed by atoms with E-state index in [1.165, 1.54) is 0 Å². The van der Waals surface area contributed by atoms with Crippen LogP contribution in [0.2, 0.25) is 10.0 Å². The van der Waals surface area contributed by atoms with Crippen LogP contribution in [0.5, 0.6) is 0 Å². The number of carbonyl (C=O) groups is 1. The predicted molar refractivity (Wildman–Crippen MR) is 61.1 cm³/mol. The highest BCUT2D eigenvalue weighted by atomic mass is 35.5. The molecule has 0 saturated heterocycles. The van der Waals surface area contributed by atoms with Crippen LogP contribution in [0.15, 0.2) is 30.4 Å². The quantitative estimate of drug-likeness (QED) is 0.600. The molecule has 0 amide bonds. The van der Waals surface area contributed by atoms with Crippen LogP contribution in [0.25, 0.3) is 0 Å². The van der Waals surface area contributed by atoms with Crippen molar-refractivity contribution in [1.82, 2.24) is 0 Å². The highest BCUT2D eigenvalue weighted by Crippen LogP contribution is 2.22. The van der Waals surface area contributed by atoms with Gasteiger partial charge in [-0.25, -0.2) is 4.79 Å². The number of rotatable bonds is 3. The molecule has 0 aromatic heterocycles. The van der Waals surface area contributed by atoms with E-state index in [9.17, 15) is 4.79 Å². The Morgan fingerprint density at radius 3 is 2.60 bits per heavy atom. The molecule has 2 nitrogen and oxygen atoms in total. The van der Waals surface area contributed by atoms with Gasteiger partial charge in [-0.1, -0.05) is 35.8 Å². The van der Waals surface area contributed by atoms with Crippen LogP contribution in [0.1, 0.15) is 12.5 Å². The first-order valence-electron chi connectivity index (χ1n) is 4.27. The van der Waals surface area contributed by atoms with Gasteiger partial charge in [0.25, 0.3) is 0 Å². The molecular formula is C11H10Cl2O2. The van der Waals surface area contributed by atoms with E-state index in [2.05, 4.69) is 6.58 Å². The van der Waals surface area contributed by atoms with Crippen LogP contribution in [-0.2, 0) is 16.1 Å². The molecule has 0 N–H and O–H groups in total. The Kier molecular flexibility index (Phi) is 4.18. The molecule has 15 heavy (non-hydrogen) atoms. The van der Waals surface area contributed by atoms with Gasteiger partial charge >= 0.3 is 5.97 Å². The highest BCUT2D eigenvalue weighted by molar-refractivity contribution is 6.42. The standard InChI is InChI=1S/C11H10Cl2O2/c1-7(2)11(14)15-6-8-3-4-9(12)10(13)5-8/h3-5H,1,6H2,2H3. The second-order valence-electron chi connectivity index (χ2n) is 3.10. The molecule has 1 aromatic rings. The summed E-state index contributed by atoms with van der Waals surface area (Å²) >= 11 is 11.5. The van der Waals surface area contributed by atoms with Crippen molar-refractivity contribution in [1.29, 1.82) is 0 Å². The van der Waals surface area contributed by atoms with Crippen molar-refractivity contribution < 1.29 is 9.53 Å². The molecule has 0 spiro atoms. The molecule has 0 bridgehead atoms. The summed E-state index contributed by atoms with van der Waals surface area (Å²) < 4.78 is 4.94. The van der Waals surface area contributed by atoms with Crippen molar-refractivity contribution in [2.45, 2.75) is 13.5 Å². The predicted octanol–water partition coefficient (Wildman–Crippen LogP) is 3.61. The Bertz CT molecular complexity index is 400. The lowest BCUT2D eigenvalue weighted by Crippen LogP contribution is -2.04. The Morgan fingerprint density at radius 1 is 1.40 bits per heavy atom. The summed E-state index contributed by atoms with van der Waals surface area (Å²) in [6, 6.07) is 5.07. The zero-order valence-corrected chi connectivity index (χ0v) is 9.73. The van der Waals surface area contributed by atoms with Gasteiger partial charge in [0.15, 0.2) is 0 Å². The molecular weight excluding hydrogens is 235 g/mol. The summed E-state index contributed by atoms with van der Waals surface area (Å²) in [4.78, 5) is 11.1. The van der Waals surface area contributed by atoms with E-state index in [-0.39, 0.29) is 6.61 Å². The molecule has 80 valence electrons. The lowest BCUT2D eigenvalue weighted by Gasteiger charge is -2.05. The zero-order chi connectivity index (χ0) is 11.4. The van der Waals surface area contributed by atoms with Crippen LogP contribution in [0.3, 0.4) is 0 Å². The minimum absolute atomic E-state index is 0.169. The number of halogens is 2. The van der Waals surface area contributed by atoms with Gasteiger partial charge in [0.05, 0.1) is 10.0 Å².